The maximum Gasteiger partial charge on any atom is 0.306 e. The molecule has 364 valence electrons. The van der Waals surface area contributed by atoms with Crippen molar-refractivity contribution in [3.63, 3.8) is 0 Å². The second-order valence-corrected chi connectivity index (χ2v) is 17.1. The van der Waals surface area contributed by atoms with Crippen LogP contribution in [0.2, 0.25) is 0 Å². The van der Waals surface area contributed by atoms with E-state index in [1.807, 2.05) is 12.2 Å². The lowest BCUT2D eigenvalue weighted by atomic mass is 10.0. The van der Waals surface area contributed by atoms with Gasteiger partial charge in [-0.05, 0) is 70.6 Å². The van der Waals surface area contributed by atoms with Gasteiger partial charge in [0.05, 0.1) is 0 Å². The van der Waals surface area contributed by atoms with E-state index in [0.717, 1.165) is 96.3 Å². The van der Waals surface area contributed by atoms with Gasteiger partial charge < -0.3 is 14.2 Å². The van der Waals surface area contributed by atoms with Crippen molar-refractivity contribution in [3.05, 3.63) is 97.2 Å². The van der Waals surface area contributed by atoms with E-state index in [9.17, 15) is 14.4 Å². The summed E-state index contributed by atoms with van der Waals surface area (Å²) in [5.41, 5.74) is 0. The summed E-state index contributed by atoms with van der Waals surface area (Å²) in [7, 11) is 0. The molecule has 0 saturated carbocycles. The zero-order chi connectivity index (χ0) is 46.5. The quantitative estimate of drug-likeness (QED) is 0.0199. The van der Waals surface area contributed by atoms with E-state index in [4.69, 9.17) is 14.2 Å². The third-order valence-electron chi connectivity index (χ3n) is 10.9. The van der Waals surface area contributed by atoms with Crippen molar-refractivity contribution in [3.8, 4) is 0 Å². The van der Waals surface area contributed by atoms with Crippen LogP contribution in [-0.4, -0.2) is 37.2 Å². The fourth-order valence-electron chi connectivity index (χ4n) is 7.02. The highest BCUT2D eigenvalue weighted by atomic mass is 16.6. The predicted molar refractivity (Wildman–Crippen MR) is 274 cm³/mol. The van der Waals surface area contributed by atoms with Gasteiger partial charge in [0.15, 0.2) is 6.10 Å². The van der Waals surface area contributed by atoms with Crippen molar-refractivity contribution < 1.29 is 28.6 Å². The molecule has 0 rings (SSSR count). The first-order chi connectivity index (χ1) is 31.5. The zero-order valence-corrected chi connectivity index (χ0v) is 41.5. The zero-order valence-electron chi connectivity index (χ0n) is 41.5. The van der Waals surface area contributed by atoms with E-state index >= 15 is 0 Å². The Morgan fingerprint density at radius 3 is 1.16 bits per heavy atom. The van der Waals surface area contributed by atoms with Gasteiger partial charge >= 0.3 is 17.9 Å². The number of rotatable bonds is 46. The maximum atomic E-state index is 12.8. The Balaban J connectivity index is 4.49. The lowest BCUT2D eigenvalue weighted by Gasteiger charge is -2.18. The average Bonchev–Trinajstić information content (AvgIpc) is 3.29. The van der Waals surface area contributed by atoms with Crippen molar-refractivity contribution in [1.82, 2.24) is 0 Å². The topological polar surface area (TPSA) is 78.9 Å². The number of hydrogen-bond acceptors (Lipinski definition) is 6. The van der Waals surface area contributed by atoms with E-state index < -0.39 is 12.1 Å². The summed E-state index contributed by atoms with van der Waals surface area (Å²) in [5.74, 6) is -1.02. The molecule has 0 aliphatic carbocycles. The Kier molecular flexibility index (Phi) is 49.0. The fraction of sp³-hybridized carbons (Fsp3) is 0.672. The standard InChI is InChI=1S/C58H96O6/c1-4-7-10-13-16-19-22-25-27-29-31-33-36-39-42-45-48-51-57(60)63-54-55(53-62-56(59)50-47-44-41-38-35-32-24-21-18-15-12-9-6-3)64-58(61)52-49-46-43-40-37-34-30-28-26-23-20-17-14-11-8-5-2/h8-9,11-12,15,17-18,20-21,24,26,28,34,37,43,46,55H,4-7,10,13-14,16,19,22-23,25,27,29-33,35-36,38-42,44-45,47-54H2,1-3H3/b11-8-,12-9-,18-15-,20-17-,24-21-,28-26-,37-34-,46-43-. The molecule has 0 heterocycles. The van der Waals surface area contributed by atoms with Crippen LogP contribution in [0.3, 0.4) is 0 Å². The second kappa shape index (κ2) is 52.0. The Morgan fingerprint density at radius 1 is 0.344 bits per heavy atom. The number of allylic oxidation sites excluding steroid dienone is 16. The molecular formula is C58H96O6. The van der Waals surface area contributed by atoms with E-state index in [-0.39, 0.29) is 31.6 Å². The Bertz CT molecular complexity index is 1300. The molecule has 0 amide bonds. The molecule has 6 nitrogen and oxygen atoms in total. The summed E-state index contributed by atoms with van der Waals surface area (Å²) in [6, 6.07) is 0. The van der Waals surface area contributed by atoms with Crippen molar-refractivity contribution in [2.45, 2.75) is 239 Å². The second-order valence-electron chi connectivity index (χ2n) is 17.1. The summed E-state index contributed by atoms with van der Waals surface area (Å²) >= 11 is 0. The average molecular weight is 889 g/mol. The van der Waals surface area contributed by atoms with E-state index in [0.29, 0.717) is 19.3 Å². The molecular weight excluding hydrogens is 793 g/mol. The van der Waals surface area contributed by atoms with Gasteiger partial charge in [0.2, 0.25) is 0 Å². The van der Waals surface area contributed by atoms with Gasteiger partial charge in [-0.1, -0.05) is 240 Å². The molecule has 0 saturated heterocycles. The number of esters is 3. The molecule has 1 atom stereocenters. The highest BCUT2D eigenvalue weighted by Crippen LogP contribution is 2.15. The fourth-order valence-corrected chi connectivity index (χ4v) is 7.02. The molecule has 0 aliphatic rings. The van der Waals surface area contributed by atoms with Crippen LogP contribution in [0.1, 0.15) is 233 Å². The minimum absolute atomic E-state index is 0.113. The first-order valence-electron chi connectivity index (χ1n) is 26.3. The smallest absolute Gasteiger partial charge is 0.306 e. The van der Waals surface area contributed by atoms with Gasteiger partial charge in [-0.15, -0.1) is 0 Å². The predicted octanol–water partition coefficient (Wildman–Crippen LogP) is 17.4. The largest absolute Gasteiger partial charge is 0.462 e. The monoisotopic (exact) mass is 889 g/mol. The van der Waals surface area contributed by atoms with Crippen LogP contribution in [0.15, 0.2) is 97.2 Å². The molecule has 0 aromatic rings. The van der Waals surface area contributed by atoms with Gasteiger partial charge in [-0.3, -0.25) is 14.4 Å². The molecule has 0 spiro atoms. The lowest BCUT2D eigenvalue weighted by molar-refractivity contribution is -0.166. The van der Waals surface area contributed by atoms with Crippen LogP contribution in [0.4, 0.5) is 0 Å². The Morgan fingerprint density at radius 2 is 0.719 bits per heavy atom. The molecule has 0 aromatic heterocycles. The van der Waals surface area contributed by atoms with Crippen LogP contribution in [0.5, 0.6) is 0 Å². The van der Waals surface area contributed by atoms with Gasteiger partial charge in [0, 0.05) is 19.3 Å². The van der Waals surface area contributed by atoms with Crippen molar-refractivity contribution in [2.24, 2.45) is 0 Å². The normalized spacial score (nSPS) is 12.9. The van der Waals surface area contributed by atoms with Gasteiger partial charge in [0.25, 0.3) is 0 Å². The molecule has 0 aromatic carbocycles. The van der Waals surface area contributed by atoms with Crippen molar-refractivity contribution in [2.75, 3.05) is 13.2 Å². The molecule has 0 fully saturated rings. The number of carbonyl (C=O) groups excluding carboxylic acids is 3. The molecule has 0 aliphatic heterocycles. The molecule has 0 radical (unpaired) electrons. The van der Waals surface area contributed by atoms with Crippen molar-refractivity contribution >= 4 is 17.9 Å². The molecule has 64 heavy (non-hydrogen) atoms. The summed E-state index contributed by atoms with van der Waals surface area (Å²) in [6.45, 7) is 6.31. The summed E-state index contributed by atoms with van der Waals surface area (Å²) in [6.07, 6.45) is 68.4. The SMILES string of the molecule is CC\C=C/C=C\C=C/CCCCCCCC(=O)OCC(COC(=O)CCCCCCCCCCCCCCCCCCC)OC(=O)CC/C=C\C/C=C\C/C=C\C/C=C\C/C=C\CC. The van der Waals surface area contributed by atoms with Crippen LogP contribution in [0.25, 0.3) is 0 Å². The molecule has 0 bridgehead atoms. The summed E-state index contributed by atoms with van der Waals surface area (Å²) in [4.78, 5) is 38.0. The van der Waals surface area contributed by atoms with Crippen LogP contribution in [0, 0.1) is 0 Å². The van der Waals surface area contributed by atoms with E-state index in [1.165, 1.54) is 89.9 Å². The number of unbranched alkanes of at least 4 members (excludes halogenated alkanes) is 21. The van der Waals surface area contributed by atoms with Gasteiger partial charge in [0.1, 0.15) is 13.2 Å². The van der Waals surface area contributed by atoms with Crippen LogP contribution >= 0.6 is 0 Å². The van der Waals surface area contributed by atoms with Crippen molar-refractivity contribution in [1.29, 1.82) is 0 Å². The number of ether oxygens (including phenoxy) is 3. The van der Waals surface area contributed by atoms with Gasteiger partial charge in [-0.25, -0.2) is 0 Å². The third kappa shape index (κ3) is 49.3. The summed E-state index contributed by atoms with van der Waals surface area (Å²) < 4.78 is 16.7. The van der Waals surface area contributed by atoms with Crippen LogP contribution < -0.4 is 0 Å². The number of carbonyl (C=O) groups is 3. The van der Waals surface area contributed by atoms with Gasteiger partial charge in [-0.2, -0.15) is 0 Å². The Labute approximate surface area is 394 Å². The molecule has 1 unspecified atom stereocenters. The lowest BCUT2D eigenvalue weighted by Crippen LogP contribution is -2.30. The first-order valence-corrected chi connectivity index (χ1v) is 26.3. The highest BCUT2D eigenvalue weighted by Gasteiger charge is 2.19. The van der Waals surface area contributed by atoms with E-state index in [2.05, 4.69) is 106 Å². The molecule has 0 N–H and O–H groups in total. The minimum Gasteiger partial charge on any atom is -0.462 e. The third-order valence-corrected chi connectivity index (χ3v) is 10.9. The van der Waals surface area contributed by atoms with E-state index in [1.54, 1.807) is 0 Å². The first kappa shape index (κ1) is 60.3. The minimum atomic E-state index is -0.824. The number of hydrogen-bond donors (Lipinski definition) is 0. The van der Waals surface area contributed by atoms with Crippen LogP contribution in [-0.2, 0) is 28.6 Å². The highest BCUT2D eigenvalue weighted by molar-refractivity contribution is 5.71. The summed E-state index contributed by atoms with van der Waals surface area (Å²) in [5, 5.41) is 0. The molecule has 6 heteroatoms. The maximum absolute atomic E-state index is 12.8. The Hall–Kier alpha value is -3.67.